The molecule has 0 aromatic heterocycles. The molecule has 0 aromatic rings. The number of hydrogen-bond donors (Lipinski definition) is 0. The standard InChI is InChI=1S/C12H25O4P/c1-9(2)11-7-6-10(3)8-12(11)16-17(13,14-4)15-5/h9-12H,6-8H2,1-5H3/t10-,11+,12-/m1/s1. The number of phosphoric ester groups is 1. The molecule has 0 bridgehead atoms. The third-order valence-corrected chi connectivity index (χ3v) is 5.10. The highest BCUT2D eigenvalue weighted by molar-refractivity contribution is 7.48. The summed E-state index contributed by atoms with van der Waals surface area (Å²) in [4.78, 5) is 0. The molecule has 3 atom stereocenters. The molecular weight excluding hydrogens is 239 g/mol. The molecule has 1 fully saturated rings. The van der Waals surface area contributed by atoms with Crippen LogP contribution in [0.5, 0.6) is 0 Å². The maximum Gasteiger partial charge on any atom is 0.474 e. The zero-order chi connectivity index (χ0) is 13.1. The largest absolute Gasteiger partial charge is 0.474 e. The molecule has 1 aliphatic carbocycles. The lowest BCUT2D eigenvalue weighted by molar-refractivity contribution is 0.0140. The van der Waals surface area contributed by atoms with Crippen LogP contribution < -0.4 is 0 Å². The van der Waals surface area contributed by atoms with Crippen LogP contribution in [-0.2, 0) is 18.1 Å². The van der Waals surface area contributed by atoms with E-state index in [1.807, 2.05) is 0 Å². The lowest BCUT2D eigenvalue weighted by Crippen LogP contribution is -2.33. The van der Waals surface area contributed by atoms with E-state index in [0.717, 1.165) is 12.8 Å². The molecule has 17 heavy (non-hydrogen) atoms. The molecule has 0 aliphatic heterocycles. The maximum atomic E-state index is 12.0. The Labute approximate surface area is 105 Å². The molecule has 5 heteroatoms. The smallest absolute Gasteiger partial charge is 0.290 e. The predicted octanol–water partition coefficient (Wildman–Crippen LogP) is 3.86. The van der Waals surface area contributed by atoms with Crippen molar-refractivity contribution in [3.8, 4) is 0 Å². The second-order valence-corrected chi connectivity index (χ2v) is 7.12. The fourth-order valence-electron chi connectivity index (χ4n) is 2.56. The normalized spacial score (nSPS) is 30.8. The van der Waals surface area contributed by atoms with Gasteiger partial charge in [0.15, 0.2) is 0 Å². The molecule has 0 radical (unpaired) electrons. The summed E-state index contributed by atoms with van der Waals surface area (Å²) >= 11 is 0. The van der Waals surface area contributed by atoms with E-state index in [9.17, 15) is 4.57 Å². The van der Waals surface area contributed by atoms with Gasteiger partial charge < -0.3 is 0 Å². The monoisotopic (exact) mass is 264 g/mol. The van der Waals surface area contributed by atoms with Gasteiger partial charge in [0.1, 0.15) is 0 Å². The van der Waals surface area contributed by atoms with E-state index in [2.05, 4.69) is 20.8 Å². The zero-order valence-corrected chi connectivity index (χ0v) is 12.4. The van der Waals surface area contributed by atoms with Gasteiger partial charge in [-0.15, -0.1) is 0 Å². The third-order valence-electron chi connectivity index (χ3n) is 3.67. The Morgan fingerprint density at radius 2 is 1.76 bits per heavy atom. The van der Waals surface area contributed by atoms with Gasteiger partial charge in [0.2, 0.25) is 0 Å². The van der Waals surface area contributed by atoms with Crippen molar-refractivity contribution in [1.29, 1.82) is 0 Å². The summed E-state index contributed by atoms with van der Waals surface area (Å²) in [5.74, 6) is 1.57. The van der Waals surface area contributed by atoms with Gasteiger partial charge in [-0.05, 0) is 30.6 Å². The van der Waals surface area contributed by atoms with Gasteiger partial charge in [-0.2, -0.15) is 0 Å². The van der Waals surface area contributed by atoms with Crippen LogP contribution in [0.15, 0.2) is 0 Å². The number of rotatable bonds is 5. The molecule has 0 N–H and O–H groups in total. The molecule has 0 aromatic carbocycles. The Bertz CT molecular complexity index is 272. The van der Waals surface area contributed by atoms with Crippen molar-refractivity contribution >= 4 is 7.82 Å². The van der Waals surface area contributed by atoms with Crippen molar-refractivity contribution in [2.75, 3.05) is 14.2 Å². The highest BCUT2D eigenvalue weighted by Crippen LogP contribution is 2.52. The van der Waals surface area contributed by atoms with Gasteiger partial charge in [0.05, 0.1) is 6.10 Å². The lowest BCUT2D eigenvalue weighted by atomic mass is 9.75. The molecule has 0 heterocycles. The Morgan fingerprint density at radius 1 is 1.18 bits per heavy atom. The van der Waals surface area contributed by atoms with E-state index in [1.165, 1.54) is 20.6 Å². The Balaban J connectivity index is 2.73. The van der Waals surface area contributed by atoms with Crippen LogP contribution in [0.2, 0.25) is 0 Å². The van der Waals surface area contributed by atoms with Gasteiger partial charge in [0.25, 0.3) is 0 Å². The van der Waals surface area contributed by atoms with E-state index in [4.69, 9.17) is 13.6 Å². The Morgan fingerprint density at radius 3 is 2.24 bits per heavy atom. The predicted molar refractivity (Wildman–Crippen MR) is 67.8 cm³/mol. The summed E-state index contributed by atoms with van der Waals surface area (Å²) in [6, 6.07) is 0. The van der Waals surface area contributed by atoms with Crippen LogP contribution in [0.25, 0.3) is 0 Å². The fourth-order valence-corrected chi connectivity index (χ4v) is 3.46. The molecule has 0 spiro atoms. The molecular formula is C12H25O4P. The number of hydrogen-bond acceptors (Lipinski definition) is 4. The highest BCUT2D eigenvalue weighted by atomic mass is 31.2. The van der Waals surface area contributed by atoms with Crippen LogP contribution >= 0.6 is 7.82 Å². The lowest BCUT2D eigenvalue weighted by Gasteiger charge is -2.37. The highest BCUT2D eigenvalue weighted by Gasteiger charge is 2.37. The van der Waals surface area contributed by atoms with E-state index >= 15 is 0 Å². The van der Waals surface area contributed by atoms with Crippen LogP contribution in [-0.4, -0.2) is 20.3 Å². The minimum Gasteiger partial charge on any atom is -0.290 e. The molecule has 0 saturated heterocycles. The summed E-state index contributed by atoms with van der Waals surface area (Å²) < 4.78 is 27.4. The molecule has 1 rings (SSSR count). The van der Waals surface area contributed by atoms with Crippen molar-refractivity contribution in [3.05, 3.63) is 0 Å². The zero-order valence-electron chi connectivity index (χ0n) is 11.5. The summed E-state index contributed by atoms with van der Waals surface area (Å²) in [7, 11) is -0.629. The van der Waals surface area contributed by atoms with Gasteiger partial charge in [0, 0.05) is 14.2 Å². The third kappa shape index (κ3) is 4.06. The second-order valence-electron chi connectivity index (χ2n) is 5.28. The number of phosphoric acid groups is 1. The molecule has 1 saturated carbocycles. The molecule has 102 valence electrons. The van der Waals surface area contributed by atoms with E-state index in [1.54, 1.807) is 0 Å². The van der Waals surface area contributed by atoms with Crippen molar-refractivity contribution in [3.63, 3.8) is 0 Å². The van der Waals surface area contributed by atoms with Crippen molar-refractivity contribution < 1.29 is 18.1 Å². The molecule has 1 aliphatic rings. The minimum atomic E-state index is -3.35. The summed E-state index contributed by atoms with van der Waals surface area (Å²) in [6.07, 6.45) is 3.24. The topological polar surface area (TPSA) is 44.8 Å². The van der Waals surface area contributed by atoms with E-state index < -0.39 is 7.82 Å². The maximum absolute atomic E-state index is 12.0. The van der Waals surface area contributed by atoms with Crippen LogP contribution in [0.4, 0.5) is 0 Å². The van der Waals surface area contributed by atoms with Crippen molar-refractivity contribution in [1.82, 2.24) is 0 Å². The first-order valence-electron chi connectivity index (χ1n) is 6.31. The van der Waals surface area contributed by atoms with Gasteiger partial charge in [-0.3, -0.25) is 13.6 Å². The Hall–Kier alpha value is 0.110. The first-order chi connectivity index (χ1) is 7.91. The van der Waals surface area contributed by atoms with Gasteiger partial charge in [-0.25, -0.2) is 4.57 Å². The van der Waals surface area contributed by atoms with Gasteiger partial charge in [-0.1, -0.05) is 27.2 Å². The van der Waals surface area contributed by atoms with E-state index in [-0.39, 0.29) is 6.10 Å². The molecule has 4 nitrogen and oxygen atoms in total. The van der Waals surface area contributed by atoms with Crippen molar-refractivity contribution in [2.24, 2.45) is 17.8 Å². The molecule has 0 unspecified atom stereocenters. The average Bonchev–Trinajstić information content (AvgIpc) is 2.28. The fraction of sp³-hybridized carbons (Fsp3) is 1.00. The average molecular weight is 264 g/mol. The second kappa shape index (κ2) is 6.33. The first kappa shape index (κ1) is 15.2. The quantitative estimate of drug-likeness (QED) is 0.707. The minimum absolute atomic E-state index is 0.0236. The summed E-state index contributed by atoms with van der Waals surface area (Å²) in [6.45, 7) is 6.57. The van der Waals surface area contributed by atoms with Crippen LogP contribution in [0.1, 0.15) is 40.0 Å². The van der Waals surface area contributed by atoms with Crippen LogP contribution in [0.3, 0.4) is 0 Å². The molecule has 0 amide bonds. The van der Waals surface area contributed by atoms with E-state index in [0.29, 0.717) is 17.8 Å². The Kier molecular flexibility index (Phi) is 5.65. The SMILES string of the molecule is COP(=O)(OC)O[C@@H]1C[C@H](C)CC[C@H]1C(C)C. The van der Waals surface area contributed by atoms with Gasteiger partial charge >= 0.3 is 7.82 Å². The first-order valence-corrected chi connectivity index (χ1v) is 7.77. The summed E-state index contributed by atoms with van der Waals surface area (Å²) in [5.41, 5.74) is 0. The van der Waals surface area contributed by atoms with Crippen molar-refractivity contribution in [2.45, 2.75) is 46.1 Å². The summed E-state index contributed by atoms with van der Waals surface area (Å²) in [5, 5.41) is 0. The van der Waals surface area contributed by atoms with Crippen LogP contribution in [0, 0.1) is 17.8 Å².